The fraction of sp³-hybridized carbons (Fsp3) is 0.355. The van der Waals surface area contributed by atoms with Crippen molar-refractivity contribution in [3.8, 4) is 17.2 Å². The molecular weight excluding hydrogens is 665 g/mol. The largest absolute Gasteiger partial charge is 0.495 e. The number of methoxy groups -OCH3 is 3. The zero-order valence-corrected chi connectivity index (χ0v) is 28.9. The monoisotopic (exact) mass is 699 g/mol. The molecule has 1 unspecified atom stereocenters. The number of benzene rings is 3. The van der Waals surface area contributed by atoms with Gasteiger partial charge < -0.3 is 24.4 Å². The molecule has 0 spiro atoms. The average Bonchev–Trinajstić information content (AvgIpc) is 3.00. The molecule has 0 radical (unpaired) electrons. The SMILES string of the molecule is CCC(C(=O)NC(C)C)N(Cc1ccc(Cl)c(Cl)c1)C(=O)CN(c1cc(Cl)ccc1OC)S(=O)(=O)c1ccc(OC)c(OC)c1. The van der Waals surface area contributed by atoms with Crippen molar-refractivity contribution in [2.24, 2.45) is 0 Å². The molecule has 3 rings (SSSR count). The summed E-state index contributed by atoms with van der Waals surface area (Å²) in [6.07, 6.45) is 0.245. The van der Waals surface area contributed by atoms with Gasteiger partial charge in [0.25, 0.3) is 10.0 Å². The number of anilines is 1. The van der Waals surface area contributed by atoms with Crippen LogP contribution in [0.4, 0.5) is 5.69 Å². The highest BCUT2D eigenvalue weighted by molar-refractivity contribution is 7.92. The minimum absolute atomic E-state index is 0.0160. The average molecular weight is 701 g/mol. The summed E-state index contributed by atoms with van der Waals surface area (Å²) in [5.74, 6) is -0.431. The van der Waals surface area contributed by atoms with Crippen molar-refractivity contribution in [3.05, 3.63) is 75.2 Å². The summed E-state index contributed by atoms with van der Waals surface area (Å²) in [6.45, 7) is 4.60. The third-order valence-corrected chi connectivity index (χ3v) is 9.52. The summed E-state index contributed by atoms with van der Waals surface area (Å²) in [5, 5.41) is 3.65. The number of amides is 2. The van der Waals surface area contributed by atoms with Gasteiger partial charge in [-0.1, -0.05) is 47.8 Å². The zero-order valence-electron chi connectivity index (χ0n) is 25.8. The Balaban J connectivity index is 2.19. The Hall–Kier alpha value is -3.38. The highest BCUT2D eigenvalue weighted by atomic mass is 35.5. The Morgan fingerprint density at radius 3 is 2.07 bits per heavy atom. The van der Waals surface area contributed by atoms with Crippen molar-refractivity contribution in [1.29, 1.82) is 0 Å². The first-order chi connectivity index (χ1) is 21.3. The summed E-state index contributed by atoms with van der Waals surface area (Å²) >= 11 is 18.7. The second-order valence-corrected chi connectivity index (χ2v) is 13.3. The summed E-state index contributed by atoms with van der Waals surface area (Å²) in [5.41, 5.74) is 0.602. The maximum Gasteiger partial charge on any atom is 0.265 e. The van der Waals surface area contributed by atoms with Gasteiger partial charge in [-0.15, -0.1) is 0 Å². The fourth-order valence-corrected chi connectivity index (χ4v) is 6.53. The second-order valence-electron chi connectivity index (χ2n) is 10.2. The van der Waals surface area contributed by atoms with Crippen LogP contribution in [-0.2, 0) is 26.2 Å². The molecule has 10 nitrogen and oxygen atoms in total. The van der Waals surface area contributed by atoms with Crippen LogP contribution in [-0.4, -0.2) is 65.1 Å². The third kappa shape index (κ3) is 8.66. The molecular formula is C31H36Cl3N3O7S. The van der Waals surface area contributed by atoms with Gasteiger partial charge in [0.05, 0.1) is 42.0 Å². The van der Waals surface area contributed by atoms with Crippen LogP contribution < -0.4 is 23.8 Å². The second kappa shape index (κ2) is 15.8. The van der Waals surface area contributed by atoms with Gasteiger partial charge in [0.15, 0.2) is 11.5 Å². The van der Waals surface area contributed by atoms with Crippen molar-refractivity contribution in [2.45, 2.75) is 50.7 Å². The molecule has 0 aromatic heterocycles. The van der Waals surface area contributed by atoms with E-state index in [-0.39, 0.29) is 51.1 Å². The molecule has 1 N–H and O–H groups in total. The lowest BCUT2D eigenvalue weighted by molar-refractivity contribution is -0.140. The maximum absolute atomic E-state index is 14.3. The molecule has 0 saturated heterocycles. The van der Waals surface area contributed by atoms with Gasteiger partial charge in [-0.2, -0.15) is 0 Å². The number of carbonyl (C=O) groups is 2. The topological polar surface area (TPSA) is 114 Å². The maximum atomic E-state index is 14.3. The number of halogens is 3. The molecule has 0 heterocycles. The van der Waals surface area contributed by atoms with Gasteiger partial charge in [-0.25, -0.2) is 8.42 Å². The van der Waals surface area contributed by atoms with Crippen molar-refractivity contribution >= 4 is 62.3 Å². The van der Waals surface area contributed by atoms with E-state index >= 15 is 0 Å². The van der Waals surface area contributed by atoms with E-state index in [2.05, 4.69) is 5.32 Å². The lowest BCUT2D eigenvalue weighted by Gasteiger charge is -2.34. The van der Waals surface area contributed by atoms with E-state index in [1.165, 1.54) is 62.6 Å². The van der Waals surface area contributed by atoms with Gasteiger partial charge in [0, 0.05) is 23.7 Å². The number of hydrogen-bond donors (Lipinski definition) is 1. The highest BCUT2D eigenvalue weighted by Crippen LogP contribution is 2.37. The van der Waals surface area contributed by atoms with Gasteiger partial charge in [-0.05, 0) is 68.3 Å². The predicted octanol–water partition coefficient (Wildman–Crippen LogP) is 6.20. The van der Waals surface area contributed by atoms with Crippen LogP contribution in [0.1, 0.15) is 32.8 Å². The molecule has 0 saturated carbocycles. The van der Waals surface area contributed by atoms with Crippen molar-refractivity contribution in [2.75, 3.05) is 32.2 Å². The summed E-state index contributed by atoms with van der Waals surface area (Å²) in [7, 11) is -0.298. The molecule has 3 aromatic rings. The minimum Gasteiger partial charge on any atom is -0.495 e. The Kier molecular flexibility index (Phi) is 12.6. The van der Waals surface area contributed by atoms with Gasteiger partial charge in [-0.3, -0.25) is 13.9 Å². The van der Waals surface area contributed by atoms with Crippen LogP contribution in [0.25, 0.3) is 0 Å². The third-order valence-electron chi connectivity index (χ3n) is 6.79. The van der Waals surface area contributed by atoms with Crippen molar-refractivity contribution in [1.82, 2.24) is 10.2 Å². The van der Waals surface area contributed by atoms with E-state index in [0.717, 1.165) is 4.31 Å². The standard InChI is InChI=1S/C31H36Cl3N3O7S/c1-7-25(31(39)35-19(2)3)36(17-20-8-11-23(33)24(34)14-20)30(38)18-37(26-15-21(32)9-12-27(26)42-4)45(40,41)22-10-13-28(43-5)29(16-22)44-6/h8-16,19,25H,7,17-18H2,1-6H3,(H,35,39). The van der Waals surface area contributed by atoms with Gasteiger partial charge in [0.1, 0.15) is 18.3 Å². The normalized spacial score (nSPS) is 12.0. The number of nitrogens with one attached hydrogen (secondary N) is 1. The molecule has 0 fully saturated rings. The van der Waals surface area contributed by atoms with Crippen LogP contribution in [0.15, 0.2) is 59.5 Å². The van der Waals surface area contributed by atoms with E-state index in [1.54, 1.807) is 39.0 Å². The molecule has 3 aromatic carbocycles. The molecule has 244 valence electrons. The fourth-order valence-electron chi connectivity index (χ4n) is 4.61. The predicted molar refractivity (Wildman–Crippen MR) is 176 cm³/mol. The minimum atomic E-state index is -4.47. The van der Waals surface area contributed by atoms with Gasteiger partial charge >= 0.3 is 0 Å². The highest BCUT2D eigenvalue weighted by Gasteiger charge is 2.35. The van der Waals surface area contributed by atoms with Crippen molar-refractivity contribution in [3.63, 3.8) is 0 Å². The zero-order chi connectivity index (χ0) is 33.5. The van der Waals surface area contributed by atoms with E-state index in [1.807, 2.05) is 0 Å². The Morgan fingerprint density at radius 2 is 1.49 bits per heavy atom. The number of nitrogens with zero attached hydrogens (tertiary/aromatic N) is 2. The number of carbonyl (C=O) groups excluding carboxylic acids is 2. The van der Waals surface area contributed by atoms with Crippen molar-refractivity contribution < 1.29 is 32.2 Å². The van der Waals surface area contributed by atoms with E-state index in [4.69, 9.17) is 49.0 Å². The lowest BCUT2D eigenvalue weighted by atomic mass is 10.1. The summed E-state index contributed by atoms with van der Waals surface area (Å²) in [6, 6.07) is 12.2. The van der Waals surface area contributed by atoms with Gasteiger partial charge in [0.2, 0.25) is 11.8 Å². The molecule has 2 amide bonds. The van der Waals surface area contributed by atoms with E-state index in [0.29, 0.717) is 16.3 Å². The molecule has 0 bridgehead atoms. The smallest absolute Gasteiger partial charge is 0.265 e. The quantitative estimate of drug-likeness (QED) is 0.213. The van der Waals surface area contributed by atoms with Crippen LogP contribution in [0, 0.1) is 0 Å². The number of rotatable bonds is 14. The van der Waals surface area contributed by atoms with Crippen LogP contribution >= 0.6 is 34.8 Å². The molecule has 0 aliphatic heterocycles. The number of ether oxygens (including phenoxy) is 3. The first-order valence-corrected chi connectivity index (χ1v) is 16.5. The molecule has 0 aliphatic rings. The van der Waals surface area contributed by atoms with Crippen LogP contribution in [0.5, 0.6) is 17.2 Å². The van der Waals surface area contributed by atoms with E-state index < -0.39 is 34.4 Å². The molecule has 1 atom stereocenters. The van der Waals surface area contributed by atoms with Crippen LogP contribution in [0.3, 0.4) is 0 Å². The first kappa shape index (κ1) is 36.1. The lowest BCUT2D eigenvalue weighted by Crippen LogP contribution is -2.53. The molecule has 14 heteroatoms. The molecule has 45 heavy (non-hydrogen) atoms. The Morgan fingerprint density at radius 1 is 0.844 bits per heavy atom. The van der Waals surface area contributed by atoms with Crippen LogP contribution in [0.2, 0.25) is 15.1 Å². The summed E-state index contributed by atoms with van der Waals surface area (Å²) in [4.78, 5) is 28.8. The Bertz CT molecular complexity index is 1640. The number of hydrogen-bond acceptors (Lipinski definition) is 7. The van der Waals surface area contributed by atoms with E-state index in [9.17, 15) is 18.0 Å². The molecule has 0 aliphatic carbocycles. The first-order valence-electron chi connectivity index (χ1n) is 13.9. The summed E-state index contributed by atoms with van der Waals surface area (Å²) < 4.78 is 45.7. The Labute approximate surface area is 279 Å². The number of sulfonamides is 1.